The number of amides is 4. The third kappa shape index (κ3) is 2.20. The first-order chi connectivity index (χ1) is 10.5. The maximum Gasteiger partial charge on any atom is 0.263 e. The third-order valence-corrected chi connectivity index (χ3v) is 4.43. The lowest BCUT2D eigenvalue weighted by molar-refractivity contribution is -0.136. The number of nitrogens with zero attached hydrogens (tertiary/aromatic N) is 1. The summed E-state index contributed by atoms with van der Waals surface area (Å²) in [7, 11) is 0. The van der Waals surface area contributed by atoms with Gasteiger partial charge in [-0.05, 0) is 18.6 Å². The number of carbonyl (C=O) groups excluding carboxylic acids is 4. The van der Waals surface area contributed by atoms with Crippen molar-refractivity contribution in [3.05, 3.63) is 29.3 Å². The molecule has 0 saturated carbocycles. The third-order valence-electron chi connectivity index (χ3n) is 3.65. The highest BCUT2D eigenvalue weighted by Crippen LogP contribution is 2.33. The molecule has 1 saturated heterocycles. The standard InChI is InChI=1S/C14H12N2O5S/c17-6-22-9-3-1-2-7-11(9)14(21)16(13(7)20)8-4-5-10(18)15-12(8)19/h1-3,8,17H,4-6H2,(H,15,18,19). The molecule has 4 amide bonds. The molecule has 22 heavy (non-hydrogen) atoms. The minimum Gasteiger partial charge on any atom is -0.385 e. The van der Waals surface area contributed by atoms with Crippen LogP contribution in [0.1, 0.15) is 33.6 Å². The van der Waals surface area contributed by atoms with Gasteiger partial charge in [-0.25, -0.2) is 0 Å². The van der Waals surface area contributed by atoms with Gasteiger partial charge in [-0.2, -0.15) is 0 Å². The predicted molar refractivity (Wildman–Crippen MR) is 76.1 cm³/mol. The van der Waals surface area contributed by atoms with Crippen molar-refractivity contribution in [2.24, 2.45) is 0 Å². The molecule has 2 heterocycles. The van der Waals surface area contributed by atoms with Crippen molar-refractivity contribution in [1.29, 1.82) is 0 Å². The van der Waals surface area contributed by atoms with Gasteiger partial charge in [-0.15, -0.1) is 0 Å². The molecule has 2 aliphatic rings. The molecule has 1 aromatic rings. The van der Waals surface area contributed by atoms with E-state index in [2.05, 4.69) is 5.32 Å². The van der Waals surface area contributed by atoms with E-state index in [4.69, 9.17) is 5.11 Å². The van der Waals surface area contributed by atoms with Gasteiger partial charge in [-0.1, -0.05) is 17.8 Å². The number of hydrogen-bond donors (Lipinski definition) is 2. The molecule has 1 atom stereocenters. The molecule has 2 N–H and O–H groups in total. The molecule has 8 heteroatoms. The Kier molecular flexibility index (Phi) is 3.71. The van der Waals surface area contributed by atoms with Gasteiger partial charge in [0.05, 0.1) is 17.1 Å². The summed E-state index contributed by atoms with van der Waals surface area (Å²) in [4.78, 5) is 49.6. The van der Waals surface area contributed by atoms with Crippen LogP contribution in [0.4, 0.5) is 0 Å². The molecule has 1 aromatic carbocycles. The van der Waals surface area contributed by atoms with Crippen LogP contribution in [-0.4, -0.2) is 45.6 Å². The first-order valence-electron chi connectivity index (χ1n) is 6.63. The van der Waals surface area contributed by atoms with Crippen LogP contribution in [0.3, 0.4) is 0 Å². The van der Waals surface area contributed by atoms with Gasteiger partial charge in [0, 0.05) is 11.3 Å². The Morgan fingerprint density at radius 1 is 1.23 bits per heavy atom. The Balaban J connectivity index is 1.98. The van der Waals surface area contributed by atoms with Crippen LogP contribution < -0.4 is 5.32 Å². The highest BCUT2D eigenvalue weighted by atomic mass is 32.2. The number of carbonyl (C=O) groups is 4. The fraction of sp³-hybridized carbons (Fsp3) is 0.286. The van der Waals surface area contributed by atoms with Crippen molar-refractivity contribution in [1.82, 2.24) is 10.2 Å². The summed E-state index contributed by atoms with van der Waals surface area (Å²) in [5.74, 6) is -2.38. The van der Waals surface area contributed by atoms with Gasteiger partial charge in [0.2, 0.25) is 11.8 Å². The highest BCUT2D eigenvalue weighted by Gasteiger charge is 2.45. The maximum atomic E-state index is 12.6. The Labute approximate surface area is 129 Å². The molecule has 114 valence electrons. The van der Waals surface area contributed by atoms with E-state index in [0.29, 0.717) is 4.90 Å². The molecule has 1 fully saturated rings. The van der Waals surface area contributed by atoms with E-state index in [0.717, 1.165) is 16.7 Å². The second kappa shape index (κ2) is 5.54. The number of hydrogen-bond acceptors (Lipinski definition) is 6. The monoisotopic (exact) mass is 320 g/mol. The van der Waals surface area contributed by atoms with Crippen LogP contribution in [0, 0.1) is 0 Å². The molecular weight excluding hydrogens is 308 g/mol. The smallest absolute Gasteiger partial charge is 0.263 e. The summed E-state index contributed by atoms with van der Waals surface area (Å²) in [5, 5.41) is 11.2. The molecular formula is C14H12N2O5S. The fourth-order valence-electron chi connectivity index (χ4n) is 2.67. The molecule has 2 aliphatic heterocycles. The number of nitrogens with one attached hydrogen (secondary N) is 1. The van der Waals surface area contributed by atoms with Crippen molar-refractivity contribution in [2.45, 2.75) is 23.8 Å². The van der Waals surface area contributed by atoms with Crippen molar-refractivity contribution in [3.8, 4) is 0 Å². The SMILES string of the molecule is O=C1CCC(N2C(=O)c3cccc(SCO)c3C2=O)C(=O)N1. The lowest BCUT2D eigenvalue weighted by atomic mass is 10.0. The van der Waals surface area contributed by atoms with Crippen molar-refractivity contribution < 1.29 is 24.3 Å². The van der Waals surface area contributed by atoms with Crippen molar-refractivity contribution in [3.63, 3.8) is 0 Å². The number of thioether (sulfide) groups is 1. The number of rotatable bonds is 3. The van der Waals surface area contributed by atoms with Gasteiger partial charge < -0.3 is 5.11 Å². The Hall–Kier alpha value is -2.19. The van der Waals surface area contributed by atoms with E-state index in [-0.39, 0.29) is 29.9 Å². The zero-order valence-corrected chi connectivity index (χ0v) is 12.2. The predicted octanol–water partition coefficient (Wildman–Crippen LogP) is 0.130. The number of piperidine rings is 1. The average molecular weight is 320 g/mol. The second-order valence-corrected chi connectivity index (χ2v) is 5.89. The molecule has 1 unspecified atom stereocenters. The summed E-state index contributed by atoms with van der Waals surface area (Å²) >= 11 is 1.04. The summed E-state index contributed by atoms with van der Waals surface area (Å²) in [5.41, 5.74) is 0.421. The number of imide groups is 2. The molecule has 0 bridgehead atoms. The molecule has 0 radical (unpaired) electrons. The van der Waals surface area contributed by atoms with Gasteiger partial charge in [0.1, 0.15) is 6.04 Å². The van der Waals surface area contributed by atoms with Crippen LogP contribution in [0.25, 0.3) is 0 Å². The van der Waals surface area contributed by atoms with E-state index in [1.54, 1.807) is 12.1 Å². The molecule has 0 spiro atoms. The minimum atomic E-state index is -0.975. The largest absolute Gasteiger partial charge is 0.385 e. The number of fused-ring (bicyclic) bond motifs is 1. The summed E-state index contributed by atoms with van der Waals surface area (Å²) in [6, 6.07) is 3.80. The minimum absolute atomic E-state index is 0.0854. The summed E-state index contributed by atoms with van der Waals surface area (Å²) in [6.07, 6.45) is 0.209. The number of aliphatic hydroxyl groups excluding tert-OH is 1. The van der Waals surface area contributed by atoms with Crippen LogP contribution in [0.15, 0.2) is 23.1 Å². The zero-order chi connectivity index (χ0) is 15.9. The van der Waals surface area contributed by atoms with Crippen LogP contribution in [0.5, 0.6) is 0 Å². The molecule has 0 aromatic heterocycles. The van der Waals surface area contributed by atoms with E-state index >= 15 is 0 Å². The quantitative estimate of drug-likeness (QED) is 0.466. The first-order valence-corrected chi connectivity index (χ1v) is 7.61. The first kappa shape index (κ1) is 14.7. The van der Waals surface area contributed by atoms with Crippen LogP contribution >= 0.6 is 11.8 Å². The lowest BCUT2D eigenvalue weighted by Crippen LogP contribution is -2.54. The zero-order valence-electron chi connectivity index (χ0n) is 11.4. The summed E-state index contributed by atoms with van der Waals surface area (Å²) in [6.45, 7) is 0. The Bertz CT molecular complexity index is 702. The molecule has 3 rings (SSSR count). The topological polar surface area (TPSA) is 104 Å². The van der Waals surface area contributed by atoms with E-state index in [9.17, 15) is 19.2 Å². The van der Waals surface area contributed by atoms with Crippen LogP contribution in [-0.2, 0) is 9.59 Å². The number of aliphatic hydroxyl groups is 1. The molecule has 7 nitrogen and oxygen atoms in total. The maximum absolute atomic E-state index is 12.6. The molecule has 0 aliphatic carbocycles. The van der Waals surface area contributed by atoms with Gasteiger partial charge in [-0.3, -0.25) is 29.4 Å². The fourth-order valence-corrected chi connectivity index (χ4v) is 3.33. The highest BCUT2D eigenvalue weighted by molar-refractivity contribution is 7.99. The van der Waals surface area contributed by atoms with E-state index in [1.165, 1.54) is 6.07 Å². The Morgan fingerprint density at radius 3 is 2.68 bits per heavy atom. The lowest BCUT2D eigenvalue weighted by Gasteiger charge is -2.27. The second-order valence-electron chi connectivity index (χ2n) is 4.90. The van der Waals surface area contributed by atoms with E-state index in [1.807, 2.05) is 0 Å². The van der Waals surface area contributed by atoms with Gasteiger partial charge >= 0.3 is 0 Å². The van der Waals surface area contributed by atoms with Crippen LogP contribution in [0.2, 0.25) is 0 Å². The average Bonchev–Trinajstić information content (AvgIpc) is 2.73. The van der Waals surface area contributed by atoms with Gasteiger partial charge in [0.15, 0.2) is 0 Å². The summed E-state index contributed by atoms with van der Waals surface area (Å²) < 4.78 is 0. The normalized spacial score (nSPS) is 21.1. The Morgan fingerprint density at radius 2 is 2.00 bits per heavy atom. The van der Waals surface area contributed by atoms with Gasteiger partial charge in [0.25, 0.3) is 11.8 Å². The van der Waals surface area contributed by atoms with Crippen molar-refractivity contribution in [2.75, 3.05) is 5.94 Å². The van der Waals surface area contributed by atoms with Crippen molar-refractivity contribution >= 4 is 35.4 Å². The van der Waals surface area contributed by atoms with E-state index < -0.39 is 29.7 Å². The number of benzene rings is 1.